The van der Waals surface area contributed by atoms with Gasteiger partial charge in [-0.25, -0.2) is 0 Å². The molecule has 3 aliphatic rings. The van der Waals surface area contributed by atoms with E-state index in [9.17, 15) is 5.21 Å². The number of fused-ring (bicyclic) bond motifs is 1. The van der Waals surface area contributed by atoms with Crippen molar-refractivity contribution < 1.29 is 5.21 Å². The number of nitrogens with zero attached hydrogens (tertiary/aromatic N) is 1. The van der Waals surface area contributed by atoms with Gasteiger partial charge in [-0.1, -0.05) is 13.8 Å². The minimum Gasteiger partial charge on any atom is -0.309 e. The summed E-state index contributed by atoms with van der Waals surface area (Å²) >= 11 is 0. The average Bonchev–Trinajstić information content (AvgIpc) is 2.15. The van der Waals surface area contributed by atoms with E-state index in [1.165, 1.54) is 12.0 Å². The molecule has 3 heteroatoms. The summed E-state index contributed by atoms with van der Waals surface area (Å²) in [7, 11) is 4.20. The monoisotopic (exact) mass is 224 g/mol. The van der Waals surface area contributed by atoms with Crippen LogP contribution in [0.15, 0.2) is 11.3 Å². The van der Waals surface area contributed by atoms with Crippen LogP contribution in [0.4, 0.5) is 0 Å². The fourth-order valence-corrected chi connectivity index (χ4v) is 3.84. The van der Waals surface area contributed by atoms with Gasteiger partial charge in [-0.15, -0.1) is 0 Å². The highest BCUT2D eigenvalue weighted by molar-refractivity contribution is 5.30. The molecule has 92 valence electrons. The Morgan fingerprint density at radius 1 is 1.44 bits per heavy atom. The quantitative estimate of drug-likeness (QED) is 0.721. The zero-order chi connectivity index (χ0) is 12.1. The Kier molecular flexibility index (Phi) is 2.79. The van der Waals surface area contributed by atoms with Gasteiger partial charge in [-0.3, -0.25) is 10.7 Å². The summed E-state index contributed by atoms with van der Waals surface area (Å²) < 4.78 is 0. The molecule has 0 amide bonds. The Hall–Kier alpha value is -0.540. The third-order valence-corrected chi connectivity index (χ3v) is 4.83. The van der Waals surface area contributed by atoms with Crippen molar-refractivity contribution in [2.45, 2.75) is 27.2 Å². The number of hydrogen-bond donors (Lipinski definition) is 2. The molecule has 3 unspecified atom stereocenters. The minimum atomic E-state index is 0.408. The van der Waals surface area contributed by atoms with Crippen molar-refractivity contribution in [3.63, 3.8) is 0 Å². The molecule has 0 aromatic heterocycles. The third kappa shape index (κ3) is 1.49. The van der Waals surface area contributed by atoms with Crippen LogP contribution in [0.3, 0.4) is 0 Å². The summed E-state index contributed by atoms with van der Waals surface area (Å²) in [5.41, 5.74) is 5.31. The molecule has 0 heterocycles. The summed E-state index contributed by atoms with van der Waals surface area (Å²) in [6.45, 7) is 7.92. The molecule has 1 saturated carbocycles. The zero-order valence-corrected chi connectivity index (χ0v) is 11.0. The van der Waals surface area contributed by atoms with Crippen LogP contribution in [-0.2, 0) is 0 Å². The van der Waals surface area contributed by atoms with Crippen LogP contribution < -0.4 is 5.48 Å². The Labute approximate surface area is 98.5 Å². The number of hydrogen-bond acceptors (Lipinski definition) is 3. The summed E-state index contributed by atoms with van der Waals surface area (Å²) in [6.07, 6.45) is 1.29. The maximum Gasteiger partial charge on any atom is 0.0415 e. The highest BCUT2D eigenvalue weighted by Gasteiger charge is 2.56. The van der Waals surface area contributed by atoms with Gasteiger partial charge in [0.05, 0.1) is 0 Å². The van der Waals surface area contributed by atoms with Gasteiger partial charge in [0.1, 0.15) is 0 Å². The van der Waals surface area contributed by atoms with Crippen LogP contribution >= 0.6 is 0 Å². The van der Waals surface area contributed by atoms with Crippen molar-refractivity contribution in [3.05, 3.63) is 11.3 Å². The molecule has 16 heavy (non-hydrogen) atoms. The Morgan fingerprint density at radius 2 is 2.06 bits per heavy atom. The van der Waals surface area contributed by atoms with E-state index in [2.05, 4.69) is 45.2 Å². The van der Waals surface area contributed by atoms with Gasteiger partial charge < -0.3 is 4.90 Å². The summed E-state index contributed by atoms with van der Waals surface area (Å²) in [4.78, 5) is 2.21. The molecule has 0 radical (unpaired) electrons. The van der Waals surface area contributed by atoms with Crippen molar-refractivity contribution in [1.82, 2.24) is 10.4 Å². The molecule has 3 nitrogen and oxygen atoms in total. The van der Waals surface area contributed by atoms with E-state index in [1.54, 1.807) is 0 Å². The molecular weight excluding hydrogens is 200 g/mol. The highest BCUT2D eigenvalue weighted by Crippen LogP contribution is 2.62. The van der Waals surface area contributed by atoms with Crippen LogP contribution in [0.5, 0.6) is 0 Å². The van der Waals surface area contributed by atoms with Gasteiger partial charge in [0.2, 0.25) is 0 Å². The lowest BCUT2D eigenvalue weighted by molar-refractivity contribution is -0.0604. The van der Waals surface area contributed by atoms with Crippen molar-refractivity contribution >= 4 is 0 Å². The predicted molar refractivity (Wildman–Crippen MR) is 65.0 cm³/mol. The first-order valence-corrected chi connectivity index (χ1v) is 6.15. The molecule has 2 bridgehead atoms. The smallest absolute Gasteiger partial charge is 0.0415 e. The van der Waals surface area contributed by atoms with Gasteiger partial charge in [-0.2, -0.15) is 0 Å². The molecule has 3 atom stereocenters. The number of nitrogens with one attached hydrogen (secondary N) is 1. The SMILES string of the molecule is CC1=C(NO)C(CN(C)C)C2CC1C2(C)C. The first kappa shape index (κ1) is 11.9. The number of rotatable bonds is 3. The second-order valence-corrected chi connectivity index (χ2v) is 6.29. The van der Waals surface area contributed by atoms with Gasteiger partial charge >= 0.3 is 0 Å². The van der Waals surface area contributed by atoms with E-state index < -0.39 is 0 Å². The van der Waals surface area contributed by atoms with E-state index in [0.29, 0.717) is 23.2 Å². The van der Waals surface area contributed by atoms with E-state index in [0.717, 1.165) is 12.2 Å². The Bertz CT molecular complexity index is 320. The normalized spacial score (nSPS) is 36.3. The number of hydroxylamine groups is 1. The van der Waals surface area contributed by atoms with Gasteiger partial charge in [0.15, 0.2) is 0 Å². The van der Waals surface area contributed by atoms with E-state index in [-0.39, 0.29) is 0 Å². The minimum absolute atomic E-state index is 0.408. The van der Waals surface area contributed by atoms with Crippen molar-refractivity contribution in [2.75, 3.05) is 20.6 Å². The molecule has 0 aliphatic heterocycles. The zero-order valence-electron chi connectivity index (χ0n) is 11.0. The molecule has 0 saturated heterocycles. The third-order valence-electron chi connectivity index (χ3n) is 4.83. The molecule has 3 rings (SSSR count). The maximum absolute atomic E-state index is 9.33. The first-order chi connectivity index (χ1) is 7.39. The Balaban J connectivity index is 2.31. The first-order valence-electron chi connectivity index (χ1n) is 6.15. The van der Waals surface area contributed by atoms with Crippen LogP contribution in [0, 0.1) is 23.2 Å². The maximum atomic E-state index is 9.33. The Morgan fingerprint density at radius 3 is 2.50 bits per heavy atom. The fraction of sp³-hybridized carbons (Fsp3) is 0.846. The van der Waals surface area contributed by atoms with E-state index >= 15 is 0 Å². The van der Waals surface area contributed by atoms with Crippen molar-refractivity contribution in [1.29, 1.82) is 0 Å². The van der Waals surface area contributed by atoms with Gasteiger partial charge in [0.25, 0.3) is 0 Å². The second kappa shape index (κ2) is 3.74. The van der Waals surface area contributed by atoms with Gasteiger partial charge in [-0.05, 0) is 50.3 Å². The summed E-state index contributed by atoms with van der Waals surface area (Å²) in [5.74, 6) is 1.82. The standard InChI is InChI=1S/C13H24N2O/c1-8-10-6-11(13(10,2)3)9(7-15(4)5)12(8)14-16/h9-11,14,16H,6-7H2,1-5H3. The molecule has 0 aromatic carbocycles. The van der Waals surface area contributed by atoms with E-state index in [4.69, 9.17) is 0 Å². The average molecular weight is 224 g/mol. The molecule has 2 N–H and O–H groups in total. The van der Waals surface area contributed by atoms with E-state index in [1.807, 2.05) is 0 Å². The van der Waals surface area contributed by atoms with Crippen LogP contribution in [-0.4, -0.2) is 30.7 Å². The lowest BCUT2D eigenvalue weighted by atomic mass is 9.45. The summed E-state index contributed by atoms with van der Waals surface area (Å²) in [6, 6.07) is 0. The van der Waals surface area contributed by atoms with Crippen LogP contribution in [0.25, 0.3) is 0 Å². The molecule has 0 spiro atoms. The van der Waals surface area contributed by atoms with Gasteiger partial charge in [0, 0.05) is 18.2 Å². The fourth-order valence-electron chi connectivity index (χ4n) is 3.84. The van der Waals surface area contributed by atoms with Crippen LogP contribution in [0.2, 0.25) is 0 Å². The summed E-state index contributed by atoms with van der Waals surface area (Å²) in [5, 5.41) is 9.33. The largest absolute Gasteiger partial charge is 0.309 e. The molecule has 0 aromatic rings. The van der Waals surface area contributed by atoms with Crippen LogP contribution in [0.1, 0.15) is 27.2 Å². The highest BCUT2D eigenvalue weighted by atomic mass is 16.5. The predicted octanol–water partition coefficient (Wildman–Crippen LogP) is 2.09. The lowest BCUT2D eigenvalue weighted by Gasteiger charge is -2.60. The molecule has 3 aliphatic carbocycles. The second-order valence-electron chi connectivity index (χ2n) is 6.29. The molecule has 1 fully saturated rings. The van der Waals surface area contributed by atoms with Crippen molar-refractivity contribution in [2.24, 2.45) is 23.2 Å². The topological polar surface area (TPSA) is 35.5 Å². The van der Waals surface area contributed by atoms with Crippen molar-refractivity contribution in [3.8, 4) is 0 Å². The lowest BCUT2D eigenvalue weighted by Crippen LogP contribution is -2.56. The number of allylic oxidation sites excluding steroid dienone is 1. The molecular formula is C13H24N2O.